The van der Waals surface area contributed by atoms with Gasteiger partial charge < -0.3 is 26.0 Å². The minimum atomic E-state index is -1.19. The van der Waals surface area contributed by atoms with Gasteiger partial charge >= 0.3 is 11.9 Å². The highest BCUT2D eigenvalue weighted by Gasteiger charge is 2.09. The molecule has 1 rings (SSSR count). The Bertz CT molecular complexity index is 514. The van der Waals surface area contributed by atoms with Crippen molar-refractivity contribution >= 4 is 29.2 Å². The third-order valence-corrected chi connectivity index (χ3v) is 1.94. The number of nitrogens with one attached hydrogen (secondary N) is 1. The van der Waals surface area contributed by atoms with E-state index >= 15 is 0 Å². The van der Waals surface area contributed by atoms with Gasteiger partial charge in [-0.2, -0.15) is 0 Å². The van der Waals surface area contributed by atoms with E-state index in [1.54, 1.807) is 0 Å². The highest BCUT2D eigenvalue weighted by molar-refractivity contribution is 5.95. The van der Waals surface area contributed by atoms with Crippen molar-refractivity contribution in [1.29, 1.82) is 0 Å². The summed E-state index contributed by atoms with van der Waals surface area (Å²) in [7, 11) is 0. The molecular formula is C11H12N2O6. The largest absolute Gasteiger partial charge is 0.480 e. The van der Waals surface area contributed by atoms with Gasteiger partial charge in [0.1, 0.15) is 13.2 Å². The summed E-state index contributed by atoms with van der Waals surface area (Å²) in [6, 6.07) is 3.86. The van der Waals surface area contributed by atoms with Crippen molar-refractivity contribution < 1.29 is 29.3 Å². The van der Waals surface area contributed by atoms with Crippen LogP contribution in [0.15, 0.2) is 18.2 Å². The van der Waals surface area contributed by atoms with E-state index in [-0.39, 0.29) is 16.9 Å². The van der Waals surface area contributed by atoms with Gasteiger partial charge in [-0.1, -0.05) is 0 Å². The summed E-state index contributed by atoms with van der Waals surface area (Å²) in [5.41, 5.74) is 5.80. The summed E-state index contributed by atoms with van der Waals surface area (Å²) in [6.07, 6.45) is 0. The zero-order valence-corrected chi connectivity index (χ0v) is 9.75. The Morgan fingerprint density at radius 1 is 1.16 bits per heavy atom. The third-order valence-electron chi connectivity index (χ3n) is 1.94. The minimum Gasteiger partial charge on any atom is -0.480 e. The number of ether oxygens (including phenoxy) is 1. The zero-order chi connectivity index (χ0) is 14.4. The second-order valence-electron chi connectivity index (χ2n) is 3.58. The zero-order valence-electron chi connectivity index (χ0n) is 9.75. The van der Waals surface area contributed by atoms with Crippen LogP contribution >= 0.6 is 0 Å². The number of carboxylic acids is 2. The van der Waals surface area contributed by atoms with Crippen LogP contribution in [-0.4, -0.2) is 41.3 Å². The number of carbonyl (C=O) groups excluding carboxylic acids is 1. The van der Waals surface area contributed by atoms with E-state index in [0.717, 1.165) is 0 Å². The normalized spacial score (nSPS) is 9.89. The molecule has 0 bridgehead atoms. The Kier molecular flexibility index (Phi) is 4.84. The number of aliphatic carboxylic acids is 1. The van der Waals surface area contributed by atoms with Crippen molar-refractivity contribution in [3.05, 3.63) is 23.8 Å². The second kappa shape index (κ2) is 6.36. The van der Waals surface area contributed by atoms with E-state index in [0.29, 0.717) is 0 Å². The molecule has 0 aromatic heterocycles. The van der Waals surface area contributed by atoms with Crippen molar-refractivity contribution in [1.82, 2.24) is 0 Å². The first kappa shape index (κ1) is 14.5. The van der Waals surface area contributed by atoms with Gasteiger partial charge in [-0.05, 0) is 18.2 Å². The van der Waals surface area contributed by atoms with E-state index < -0.39 is 31.1 Å². The Hall–Kier alpha value is -2.61. The number of rotatable bonds is 6. The molecule has 0 unspecified atom stereocenters. The molecule has 0 radical (unpaired) electrons. The summed E-state index contributed by atoms with van der Waals surface area (Å²) >= 11 is 0. The van der Waals surface area contributed by atoms with Crippen LogP contribution in [0.2, 0.25) is 0 Å². The predicted molar refractivity (Wildman–Crippen MR) is 64.9 cm³/mol. The van der Waals surface area contributed by atoms with Crippen molar-refractivity contribution in [2.75, 3.05) is 24.3 Å². The van der Waals surface area contributed by atoms with Crippen LogP contribution in [0.1, 0.15) is 10.4 Å². The van der Waals surface area contributed by atoms with Crippen molar-refractivity contribution in [2.24, 2.45) is 0 Å². The molecule has 1 aromatic rings. The summed E-state index contributed by atoms with van der Waals surface area (Å²) < 4.78 is 4.58. The van der Waals surface area contributed by atoms with E-state index in [1.165, 1.54) is 18.2 Å². The summed E-state index contributed by atoms with van der Waals surface area (Å²) in [5.74, 6) is -2.97. The number of amides is 1. The Labute approximate surface area is 107 Å². The first-order valence-corrected chi connectivity index (χ1v) is 5.11. The molecule has 0 aliphatic heterocycles. The standard InChI is InChI=1S/C11H12N2O6/c12-7-1-6(11(17)18)2-8(3-7)13-9(14)4-19-5-10(15)16/h1-3H,4-5,12H2,(H,13,14)(H,15,16)(H,17,18). The van der Waals surface area contributed by atoms with Gasteiger partial charge in [-0.25, -0.2) is 9.59 Å². The van der Waals surface area contributed by atoms with Crippen LogP contribution in [0.4, 0.5) is 11.4 Å². The van der Waals surface area contributed by atoms with E-state index in [4.69, 9.17) is 15.9 Å². The molecule has 0 saturated heterocycles. The minimum absolute atomic E-state index is 0.0678. The fourth-order valence-electron chi connectivity index (χ4n) is 1.28. The van der Waals surface area contributed by atoms with Gasteiger partial charge in [0.2, 0.25) is 5.91 Å². The molecule has 8 nitrogen and oxygen atoms in total. The highest BCUT2D eigenvalue weighted by atomic mass is 16.5. The van der Waals surface area contributed by atoms with Gasteiger partial charge in [0, 0.05) is 11.4 Å². The molecule has 0 spiro atoms. The maximum absolute atomic E-state index is 11.4. The molecule has 5 N–H and O–H groups in total. The maximum Gasteiger partial charge on any atom is 0.335 e. The Balaban J connectivity index is 2.63. The number of carboxylic acid groups (broad SMARTS) is 2. The molecule has 0 heterocycles. The van der Waals surface area contributed by atoms with E-state index in [2.05, 4.69) is 10.1 Å². The number of benzene rings is 1. The van der Waals surface area contributed by atoms with Crippen LogP contribution in [0.3, 0.4) is 0 Å². The molecule has 0 aliphatic rings. The van der Waals surface area contributed by atoms with Gasteiger partial charge in [0.05, 0.1) is 5.56 Å². The maximum atomic E-state index is 11.4. The SMILES string of the molecule is Nc1cc(NC(=O)COCC(=O)O)cc(C(=O)O)c1. The Morgan fingerprint density at radius 2 is 1.84 bits per heavy atom. The second-order valence-corrected chi connectivity index (χ2v) is 3.58. The lowest BCUT2D eigenvalue weighted by Gasteiger charge is -2.07. The monoisotopic (exact) mass is 268 g/mol. The lowest BCUT2D eigenvalue weighted by atomic mass is 10.2. The average Bonchev–Trinajstić information content (AvgIpc) is 2.27. The first-order valence-electron chi connectivity index (χ1n) is 5.11. The summed E-state index contributed by atoms with van der Waals surface area (Å²) in [6.45, 7) is -1.05. The molecule has 0 aliphatic carbocycles. The lowest BCUT2D eigenvalue weighted by molar-refractivity contribution is -0.143. The van der Waals surface area contributed by atoms with E-state index in [1.807, 2.05) is 0 Å². The topological polar surface area (TPSA) is 139 Å². The molecular weight excluding hydrogens is 256 g/mol. The Morgan fingerprint density at radius 3 is 2.42 bits per heavy atom. The van der Waals surface area contributed by atoms with Crippen molar-refractivity contribution in [3.8, 4) is 0 Å². The number of hydrogen-bond acceptors (Lipinski definition) is 5. The quantitative estimate of drug-likeness (QED) is 0.533. The smallest absolute Gasteiger partial charge is 0.335 e. The lowest BCUT2D eigenvalue weighted by Crippen LogP contribution is -2.21. The van der Waals surface area contributed by atoms with Gasteiger partial charge in [-0.3, -0.25) is 4.79 Å². The van der Waals surface area contributed by atoms with Crippen LogP contribution in [0.25, 0.3) is 0 Å². The van der Waals surface area contributed by atoms with Crippen molar-refractivity contribution in [2.45, 2.75) is 0 Å². The van der Waals surface area contributed by atoms with Crippen LogP contribution in [-0.2, 0) is 14.3 Å². The molecule has 19 heavy (non-hydrogen) atoms. The number of nitrogens with two attached hydrogens (primary N) is 1. The predicted octanol–water partition coefficient (Wildman–Crippen LogP) is 0.00670. The number of aromatic carboxylic acids is 1. The van der Waals surface area contributed by atoms with Gasteiger partial charge in [-0.15, -0.1) is 0 Å². The average molecular weight is 268 g/mol. The molecule has 1 amide bonds. The number of carbonyl (C=O) groups is 3. The third kappa shape index (κ3) is 5.04. The molecule has 0 saturated carbocycles. The van der Waals surface area contributed by atoms with Gasteiger partial charge in [0.25, 0.3) is 0 Å². The van der Waals surface area contributed by atoms with E-state index in [9.17, 15) is 14.4 Å². The molecule has 1 aromatic carbocycles. The summed E-state index contributed by atoms with van der Waals surface area (Å²) in [4.78, 5) is 32.3. The highest BCUT2D eigenvalue weighted by Crippen LogP contribution is 2.16. The van der Waals surface area contributed by atoms with Crippen LogP contribution in [0, 0.1) is 0 Å². The fraction of sp³-hybridized carbons (Fsp3) is 0.182. The van der Waals surface area contributed by atoms with Gasteiger partial charge in [0.15, 0.2) is 0 Å². The van der Waals surface area contributed by atoms with Crippen molar-refractivity contribution in [3.63, 3.8) is 0 Å². The van der Waals surface area contributed by atoms with Crippen LogP contribution < -0.4 is 11.1 Å². The molecule has 102 valence electrons. The molecule has 8 heteroatoms. The molecule has 0 atom stereocenters. The summed E-state index contributed by atoms with van der Waals surface area (Å²) in [5, 5.41) is 19.5. The number of hydrogen-bond donors (Lipinski definition) is 4. The first-order chi connectivity index (χ1) is 8.88. The fourth-order valence-corrected chi connectivity index (χ4v) is 1.28. The number of nitrogen functional groups attached to an aromatic ring is 1. The number of anilines is 2. The van der Waals surface area contributed by atoms with Crippen LogP contribution in [0.5, 0.6) is 0 Å². The molecule has 0 fully saturated rings.